The van der Waals surface area contributed by atoms with Gasteiger partial charge in [-0.05, 0) is 30.2 Å². The molecule has 1 aromatic carbocycles. The second-order valence-corrected chi connectivity index (χ2v) is 2.39. The third-order valence-electron chi connectivity index (χ3n) is 1.48. The summed E-state index contributed by atoms with van der Waals surface area (Å²) in [5.41, 5.74) is 1.05. The van der Waals surface area contributed by atoms with Crippen LogP contribution < -0.4 is 0 Å². The number of allylic oxidation sites excluding steroid dienone is 2. The fraction of sp³-hybridized carbons (Fsp3) is 0.100. The predicted molar refractivity (Wildman–Crippen MR) is 46.6 cm³/mol. The fourth-order valence-corrected chi connectivity index (χ4v) is 0.875. The van der Waals surface area contributed by atoms with Crippen LogP contribution in [0.3, 0.4) is 0 Å². The van der Waals surface area contributed by atoms with Crippen LogP contribution in [-0.4, -0.2) is 11.4 Å². The van der Waals surface area contributed by atoms with Crippen molar-refractivity contribution in [3.05, 3.63) is 42.0 Å². The average molecular weight is 161 g/mol. The normalized spacial score (nSPS) is 10.3. The van der Waals surface area contributed by atoms with Crippen molar-refractivity contribution in [2.45, 2.75) is 6.42 Å². The lowest BCUT2D eigenvalue weighted by Gasteiger charge is -1.95. The molecule has 0 aliphatic heterocycles. The molecule has 0 fully saturated rings. The zero-order valence-corrected chi connectivity index (χ0v) is 6.53. The molecule has 0 spiro atoms. The number of hydrogen-bond donors (Lipinski definition) is 1. The summed E-state index contributed by atoms with van der Waals surface area (Å²) in [6.07, 6.45) is 5.42. The molecule has 0 aliphatic rings. The zero-order chi connectivity index (χ0) is 8.81. The van der Waals surface area contributed by atoms with E-state index in [4.69, 9.17) is 5.11 Å². The van der Waals surface area contributed by atoms with Gasteiger partial charge in [-0.15, -0.1) is 0 Å². The molecule has 0 unspecified atom stereocenters. The lowest BCUT2D eigenvalue weighted by molar-refractivity contribution is 0.475. The Morgan fingerprint density at radius 2 is 2.00 bits per heavy atom. The Kier molecular flexibility index (Phi) is 3.08. The van der Waals surface area contributed by atoms with Crippen molar-refractivity contribution in [3.8, 4) is 5.75 Å². The van der Waals surface area contributed by atoms with Gasteiger partial charge in [-0.3, -0.25) is 4.79 Å². The highest BCUT2D eigenvalue weighted by atomic mass is 16.3. The Labute approximate surface area is 71.2 Å². The van der Waals surface area contributed by atoms with Crippen molar-refractivity contribution in [1.29, 1.82) is 0 Å². The first kappa shape index (κ1) is 8.53. The first-order valence-corrected chi connectivity index (χ1v) is 3.63. The average Bonchev–Trinajstić information content (AvgIpc) is 2.09. The SMILES string of the molecule is O=[C]C=CCc1ccc(O)cc1. The van der Waals surface area contributed by atoms with Crippen LogP contribution in [0.15, 0.2) is 36.4 Å². The van der Waals surface area contributed by atoms with E-state index >= 15 is 0 Å². The van der Waals surface area contributed by atoms with Gasteiger partial charge in [0.1, 0.15) is 5.75 Å². The first-order chi connectivity index (χ1) is 5.83. The van der Waals surface area contributed by atoms with Crippen molar-refractivity contribution < 1.29 is 9.90 Å². The van der Waals surface area contributed by atoms with Crippen LogP contribution in [0.2, 0.25) is 0 Å². The topological polar surface area (TPSA) is 37.3 Å². The zero-order valence-electron chi connectivity index (χ0n) is 6.53. The van der Waals surface area contributed by atoms with E-state index in [1.165, 1.54) is 6.08 Å². The van der Waals surface area contributed by atoms with Crippen molar-refractivity contribution in [2.24, 2.45) is 0 Å². The van der Waals surface area contributed by atoms with Gasteiger partial charge in [-0.25, -0.2) is 0 Å². The van der Waals surface area contributed by atoms with Crippen LogP contribution in [-0.2, 0) is 11.2 Å². The number of aromatic hydroxyl groups is 1. The van der Waals surface area contributed by atoms with Crippen LogP contribution in [0.1, 0.15) is 5.56 Å². The molecule has 0 amide bonds. The molecule has 61 valence electrons. The number of benzene rings is 1. The minimum absolute atomic E-state index is 0.254. The standard InChI is InChI=1S/C10H9O2/c11-8-2-1-3-9-4-6-10(12)7-5-9/h1-2,4-7,12H,3H2. The van der Waals surface area contributed by atoms with Crippen molar-refractivity contribution in [3.63, 3.8) is 0 Å². The Morgan fingerprint density at radius 3 is 2.58 bits per heavy atom. The van der Waals surface area contributed by atoms with E-state index in [1.54, 1.807) is 24.5 Å². The lowest BCUT2D eigenvalue weighted by atomic mass is 10.1. The minimum Gasteiger partial charge on any atom is -0.508 e. The van der Waals surface area contributed by atoms with Crippen LogP contribution in [0.25, 0.3) is 0 Å². The van der Waals surface area contributed by atoms with Crippen LogP contribution >= 0.6 is 0 Å². The van der Waals surface area contributed by atoms with Gasteiger partial charge in [0.15, 0.2) is 0 Å². The quantitative estimate of drug-likeness (QED) is 0.683. The highest BCUT2D eigenvalue weighted by molar-refractivity contribution is 5.65. The van der Waals surface area contributed by atoms with Gasteiger partial charge in [-0.1, -0.05) is 18.2 Å². The van der Waals surface area contributed by atoms with E-state index < -0.39 is 0 Å². The second-order valence-electron chi connectivity index (χ2n) is 2.39. The number of phenols is 1. The summed E-state index contributed by atoms with van der Waals surface area (Å²) in [7, 11) is 0. The van der Waals surface area contributed by atoms with Gasteiger partial charge in [0, 0.05) is 0 Å². The summed E-state index contributed by atoms with van der Waals surface area (Å²) >= 11 is 0. The first-order valence-electron chi connectivity index (χ1n) is 3.63. The summed E-state index contributed by atoms with van der Waals surface area (Å²) in [4.78, 5) is 9.80. The number of carbonyl (C=O) groups excluding carboxylic acids is 1. The van der Waals surface area contributed by atoms with E-state index in [-0.39, 0.29) is 5.75 Å². The molecule has 0 atom stereocenters. The van der Waals surface area contributed by atoms with Gasteiger partial charge >= 0.3 is 0 Å². The Balaban J connectivity index is 2.58. The molecule has 0 aliphatic carbocycles. The van der Waals surface area contributed by atoms with E-state index in [9.17, 15) is 4.79 Å². The minimum atomic E-state index is 0.254. The lowest BCUT2D eigenvalue weighted by Crippen LogP contribution is -1.78. The third-order valence-corrected chi connectivity index (χ3v) is 1.48. The summed E-state index contributed by atoms with van der Waals surface area (Å²) in [6, 6.07) is 6.86. The molecule has 0 aromatic heterocycles. The molecule has 0 saturated heterocycles. The van der Waals surface area contributed by atoms with Gasteiger partial charge < -0.3 is 5.11 Å². The smallest absolute Gasteiger partial charge is 0.225 e. The molecule has 2 heteroatoms. The van der Waals surface area contributed by atoms with Gasteiger partial charge in [0.25, 0.3) is 0 Å². The summed E-state index contributed by atoms with van der Waals surface area (Å²) in [5, 5.41) is 8.95. The van der Waals surface area contributed by atoms with E-state index in [0.717, 1.165) is 5.56 Å². The highest BCUT2D eigenvalue weighted by Crippen LogP contribution is 2.09. The maximum Gasteiger partial charge on any atom is 0.225 e. The Hall–Kier alpha value is -1.57. The van der Waals surface area contributed by atoms with Crippen LogP contribution in [0.4, 0.5) is 0 Å². The maximum atomic E-state index is 9.80. The number of phenolic OH excluding ortho intramolecular Hbond substituents is 1. The van der Waals surface area contributed by atoms with Gasteiger partial charge in [-0.2, -0.15) is 0 Å². The Bertz CT molecular complexity index is 272. The van der Waals surface area contributed by atoms with Crippen molar-refractivity contribution in [1.82, 2.24) is 0 Å². The largest absolute Gasteiger partial charge is 0.508 e. The van der Waals surface area contributed by atoms with Gasteiger partial charge in [0.2, 0.25) is 6.29 Å². The molecule has 12 heavy (non-hydrogen) atoms. The molecular weight excluding hydrogens is 152 g/mol. The van der Waals surface area contributed by atoms with Crippen LogP contribution in [0, 0.1) is 0 Å². The van der Waals surface area contributed by atoms with Gasteiger partial charge in [0.05, 0.1) is 0 Å². The highest BCUT2D eigenvalue weighted by Gasteiger charge is 1.89. The number of rotatable bonds is 3. The molecule has 0 bridgehead atoms. The molecule has 1 rings (SSSR count). The van der Waals surface area contributed by atoms with Crippen LogP contribution in [0.5, 0.6) is 5.75 Å². The molecule has 1 aromatic rings. The van der Waals surface area contributed by atoms with E-state index in [2.05, 4.69) is 0 Å². The Morgan fingerprint density at radius 1 is 1.33 bits per heavy atom. The molecular formula is C10H9O2. The monoisotopic (exact) mass is 161 g/mol. The maximum absolute atomic E-state index is 9.80. The second kappa shape index (κ2) is 4.34. The molecule has 1 radical (unpaired) electrons. The van der Waals surface area contributed by atoms with Crippen molar-refractivity contribution in [2.75, 3.05) is 0 Å². The fourth-order valence-electron chi connectivity index (χ4n) is 0.875. The van der Waals surface area contributed by atoms with E-state index in [1.807, 2.05) is 12.1 Å². The summed E-state index contributed by atoms with van der Waals surface area (Å²) in [5.74, 6) is 0.254. The predicted octanol–water partition coefficient (Wildman–Crippen LogP) is 1.60. The third kappa shape index (κ3) is 2.58. The van der Waals surface area contributed by atoms with E-state index in [0.29, 0.717) is 6.42 Å². The number of hydrogen-bond acceptors (Lipinski definition) is 2. The van der Waals surface area contributed by atoms with Crippen molar-refractivity contribution >= 4 is 6.29 Å². The molecule has 0 heterocycles. The summed E-state index contributed by atoms with van der Waals surface area (Å²) < 4.78 is 0. The molecule has 1 N–H and O–H groups in total. The molecule has 0 saturated carbocycles. The molecule has 2 nitrogen and oxygen atoms in total. The summed E-state index contributed by atoms with van der Waals surface area (Å²) in [6.45, 7) is 0.